The number of methoxy groups -OCH3 is 1. The molecule has 2 aromatic carbocycles. The Morgan fingerprint density at radius 1 is 1.21 bits per heavy atom. The fourth-order valence-corrected chi connectivity index (χ4v) is 5.05. The Bertz CT molecular complexity index is 1190. The third kappa shape index (κ3) is 4.89. The fraction of sp³-hybridized carbons (Fsp3) is 0.304. The molecule has 34 heavy (non-hydrogen) atoms. The quantitative estimate of drug-likeness (QED) is 0.562. The predicted molar refractivity (Wildman–Crippen MR) is 124 cm³/mol. The fourth-order valence-electron chi connectivity index (χ4n) is 3.86. The number of hydrogen-bond donors (Lipinski definition) is 2. The molecule has 2 N–H and O–H groups in total. The number of halogens is 4. The lowest BCUT2D eigenvalue weighted by Crippen LogP contribution is -2.44. The van der Waals surface area contributed by atoms with Crippen LogP contribution in [0.3, 0.4) is 0 Å². The van der Waals surface area contributed by atoms with Gasteiger partial charge in [-0.1, -0.05) is 23.7 Å². The molecule has 0 unspecified atom stereocenters. The highest BCUT2D eigenvalue weighted by Gasteiger charge is 2.40. The van der Waals surface area contributed by atoms with Crippen LogP contribution in [0.5, 0.6) is 11.5 Å². The van der Waals surface area contributed by atoms with Crippen molar-refractivity contribution in [3.8, 4) is 11.5 Å². The number of aliphatic hydroxyl groups is 1. The molecule has 0 bridgehead atoms. The highest BCUT2D eigenvalue weighted by atomic mass is 35.5. The normalized spacial score (nSPS) is 19.5. The lowest BCUT2D eigenvalue weighted by atomic mass is 9.84. The van der Waals surface area contributed by atoms with Gasteiger partial charge < -0.3 is 19.8 Å². The Hall–Kier alpha value is -2.69. The van der Waals surface area contributed by atoms with Crippen LogP contribution in [0.15, 0.2) is 46.3 Å². The van der Waals surface area contributed by atoms with E-state index in [-0.39, 0.29) is 29.9 Å². The van der Waals surface area contributed by atoms with Gasteiger partial charge in [-0.25, -0.2) is 0 Å². The SMILES string of the molecule is COc1cc(C=C2SC(N3CCC(O)(c4ccc(Cl)c(C(F)(F)F)c4)CC3)=NC2=O)ccc1O. The first-order chi connectivity index (χ1) is 16.0. The summed E-state index contributed by atoms with van der Waals surface area (Å²) in [5.41, 5.74) is -1.62. The summed E-state index contributed by atoms with van der Waals surface area (Å²) in [4.78, 5) is 18.7. The van der Waals surface area contributed by atoms with Crippen LogP contribution in [0.1, 0.15) is 29.5 Å². The summed E-state index contributed by atoms with van der Waals surface area (Å²) in [7, 11) is 1.42. The van der Waals surface area contributed by atoms with E-state index in [1.165, 1.54) is 31.0 Å². The first kappa shape index (κ1) is 24.4. The van der Waals surface area contributed by atoms with E-state index in [9.17, 15) is 28.2 Å². The maximum Gasteiger partial charge on any atom is 0.417 e. The monoisotopic (exact) mass is 512 g/mol. The zero-order valence-electron chi connectivity index (χ0n) is 17.9. The van der Waals surface area contributed by atoms with Gasteiger partial charge in [-0.3, -0.25) is 4.79 Å². The maximum absolute atomic E-state index is 13.2. The van der Waals surface area contributed by atoms with Crippen molar-refractivity contribution < 1.29 is 32.9 Å². The van der Waals surface area contributed by atoms with Gasteiger partial charge >= 0.3 is 6.18 Å². The summed E-state index contributed by atoms with van der Waals surface area (Å²) in [6, 6.07) is 8.15. The Kier molecular flexibility index (Phi) is 6.58. The number of carbonyl (C=O) groups excluding carboxylic acids is 1. The average molecular weight is 513 g/mol. The molecular weight excluding hydrogens is 493 g/mol. The molecule has 2 aliphatic rings. The Balaban J connectivity index is 1.46. The highest BCUT2D eigenvalue weighted by molar-refractivity contribution is 8.18. The Morgan fingerprint density at radius 2 is 1.91 bits per heavy atom. The lowest BCUT2D eigenvalue weighted by molar-refractivity contribution is -0.137. The number of phenols is 1. The van der Waals surface area contributed by atoms with Crippen LogP contribution in [-0.4, -0.2) is 46.4 Å². The number of piperidine rings is 1. The molecule has 4 rings (SSSR count). The minimum Gasteiger partial charge on any atom is -0.504 e. The first-order valence-electron chi connectivity index (χ1n) is 10.2. The first-order valence-corrected chi connectivity index (χ1v) is 11.4. The molecular formula is C23H20ClF3N2O4S. The number of likely N-dealkylation sites (tertiary alicyclic amines) is 1. The van der Waals surface area contributed by atoms with Crippen LogP contribution in [0.4, 0.5) is 13.2 Å². The lowest BCUT2D eigenvalue weighted by Gasteiger charge is -2.39. The number of amidine groups is 1. The number of nitrogens with zero attached hydrogens (tertiary/aromatic N) is 2. The number of phenolic OH excluding ortho intramolecular Hbond substituents is 1. The standard InChI is InChI=1S/C23H20ClF3N2O4S/c1-33-18-10-13(2-5-17(18)30)11-19-20(31)28-21(34-19)29-8-6-22(32,7-9-29)14-3-4-16(24)15(12-14)23(25,26)27/h2-5,10-12,30,32H,6-9H2,1H3. The van der Waals surface area contributed by atoms with Crippen LogP contribution < -0.4 is 4.74 Å². The van der Waals surface area contributed by atoms with Gasteiger partial charge in [0.15, 0.2) is 16.7 Å². The summed E-state index contributed by atoms with van der Waals surface area (Å²) in [6.07, 6.45) is -2.66. The van der Waals surface area contributed by atoms with Crippen molar-refractivity contribution in [2.45, 2.75) is 24.6 Å². The van der Waals surface area contributed by atoms with Gasteiger partial charge in [-0.2, -0.15) is 18.2 Å². The van der Waals surface area contributed by atoms with Gasteiger partial charge in [-0.15, -0.1) is 0 Å². The van der Waals surface area contributed by atoms with Crippen molar-refractivity contribution >= 4 is 40.5 Å². The van der Waals surface area contributed by atoms with E-state index in [0.717, 1.165) is 12.1 Å². The number of thioether (sulfide) groups is 1. The van der Waals surface area contributed by atoms with Crippen molar-refractivity contribution in [1.82, 2.24) is 4.90 Å². The molecule has 0 aromatic heterocycles. The molecule has 1 saturated heterocycles. The van der Waals surface area contributed by atoms with Crippen molar-refractivity contribution in [1.29, 1.82) is 0 Å². The molecule has 180 valence electrons. The molecule has 0 radical (unpaired) electrons. The van der Waals surface area contributed by atoms with E-state index in [1.54, 1.807) is 18.2 Å². The number of aliphatic imine (C=N–C) groups is 1. The van der Waals surface area contributed by atoms with Gasteiger partial charge in [-0.05, 0) is 66.1 Å². The Morgan fingerprint density at radius 3 is 2.56 bits per heavy atom. The second-order valence-electron chi connectivity index (χ2n) is 7.95. The van der Waals surface area contributed by atoms with Crippen LogP contribution in [-0.2, 0) is 16.6 Å². The molecule has 11 heteroatoms. The number of benzene rings is 2. The van der Waals surface area contributed by atoms with Gasteiger partial charge in [0.05, 0.1) is 28.2 Å². The molecule has 2 aliphatic heterocycles. The zero-order chi connectivity index (χ0) is 24.7. The summed E-state index contributed by atoms with van der Waals surface area (Å²) in [6.45, 7) is 0.611. The molecule has 0 saturated carbocycles. The molecule has 1 amide bonds. The van der Waals surface area contributed by atoms with Gasteiger partial charge in [0, 0.05) is 13.1 Å². The van der Waals surface area contributed by atoms with Crippen LogP contribution in [0, 0.1) is 0 Å². The number of hydrogen-bond acceptors (Lipinski definition) is 6. The summed E-state index contributed by atoms with van der Waals surface area (Å²) < 4.78 is 44.8. The summed E-state index contributed by atoms with van der Waals surface area (Å²) in [5.74, 6) is -0.159. The van der Waals surface area contributed by atoms with E-state index in [2.05, 4.69) is 4.99 Å². The number of ether oxygens (including phenoxy) is 1. The third-order valence-electron chi connectivity index (χ3n) is 5.78. The van der Waals surface area contributed by atoms with Crippen molar-refractivity contribution in [3.05, 3.63) is 63.0 Å². The maximum atomic E-state index is 13.2. The summed E-state index contributed by atoms with van der Waals surface area (Å²) in [5, 5.41) is 20.8. The van der Waals surface area contributed by atoms with Crippen LogP contribution >= 0.6 is 23.4 Å². The molecule has 2 heterocycles. The number of alkyl halides is 3. The van der Waals surface area contributed by atoms with Crippen molar-refractivity contribution in [3.63, 3.8) is 0 Å². The van der Waals surface area contributed by atoms with Crippen molar-refractivity contribution in [2.24, 2.45) is 4.99 Å². The smallest absolute Gasteiger partial charge is 0.417 e. The van der Waals surface area contributed by atoms with E-state index in [0.29, 0.717) is 28.7 Å². The van der Waals surface area contributed by atoms with E-state index in [4.69, 9.17) is 16.3 Å². The van der Waals surface area contributed by atoms with Crippen LogP contribution in [0.25, 0.3) is 6.08 Å². The topological polar surface area (TPSA) is 82.4 Å². The zero-order valence-corrected chi connectivity index (χ0v) is 19.5. The second-order valence-corrected chi connectivity index (χ2v) is 9.37. The number of carbonyl (C=O) groups is 1. The second kappa shape index (κ2) is 9.16. The Labute approximate surface area is 202 Å². The largest absolute Gasteiger partial charge is 0.504 e. The molecule has 0 spiro atoms. The molecule has 6 nitrogen and oxygen atoms in total. The molecule has 0 atom stereocenters. The summed E-state index contributed by atoms with van der Waals surface area (Å²) >= 11 is 6.88. The van der Waals surface area contributed by atoms with Gasteiger partial charge in [0.25, 0.3) is 5.91 Å². The van der Waals surface area contributed by atoms with E-state index >= 15 is 0 Å². The number of aromatic hydroxyl groups is 1. The minimum atomic E-state index is -4.62. The van der Waals surface area contributed by atoms with Gasteiger partial charge in [0.2, 0.25) is 0 Å². The third-order valence-corrected chi connectivity index (χ3v) is 7.16. The van der Waals surface area contributed by atoms with Crippen molar-refractivity contribution in [2.75, 3.05) is 20.2 Å². The molecule has 2 aromatic rings. The molecule has 1 fully saturated rings. The number of rotatable bonds is 3. The predicted octanol–water partition coefficient (Wildman–Crippen LogP) is 5.03. The minimum absolute atomic E-state index is 0.0177. The van der Waals surface area contributed by atoms with Crippen LogP contribution in [0.2, 0.25) is 5.02 Å². The van der Waals surface area contributed by atoms with E-state index in [1.807, 2.05) is 4.90 Å². The number of amides is 1. The van der Waals surface area contributed by atoms with E-state index < -0.39 is 28.3 Å². The molecule has 0 aliphatic carbocycles. The average Bonchev–Trinajstić information content (AvgIpc) is 3.15. The van der Waals surface area contributed by atoms with Gasteiger partial charge in [0.1, 0.15) is 0 Å². The highest BCUT2D eigenvalue weighted by Crippen LogP contribution is 2.41.